The van der Waals surface area contributed by atoms with E-state index in [0.29, 0.717) is 23.9 Å². The van der Waals surface area contributed by atoms with Crippen LogP contribution in [0.5, 0.6) is 0 Å². The number of carbonyl (C=O) groups excluding carboxylic acids is 2. The van der Waals surface area contributed by atoms with Crippen LogP contribution in [0.2, 0.25) is 0 Å². The lowest BCUT2D eigenvalue weighted by molar-refractivity contribution is -0.142. The highest BCUT2D eigenvalue weighted by Gasteiger charge is 2.10. The van der Waals surface area contributed by atoms with Crippen molar-refractivity contribution in [3.63, 3.8) is 0 Å². The number of amides is 1. The van der Waals surface area contributed by atoms with Gasteiger partial charge in [-0.05, 0) is 6.92 Å². The maximum absolute atomic E-state index is 11.6. The summed E-state index contributed by atoms with van der Waals surface area (Å²) >= 11 is 1.34. The Kier molecular flexibility index (Phi) is 5.58. The van der Waals surface area contributed by atoms with Crippen LogP contribution in [0.15, 0.2) is 5.38 Å². The van der Waals surface area contributed by atoms with Gasteiger partial charge in [-0.1, -0.05) is 0 Å². The fourth-order valence-electron chi connectivity index (χ4n) is 1.11. The van der Waals surface area contributed by atoms with Gasteiger partial charge in [0.15, 0.2) is 0 Å². The third-order valence-electron chi connectivity index (χ3n) is 1.88. The summed E-state index contributed by atoms with van der Waals surface area (Å²) in [5.41, 5.74) is 5.72. The molecule has 1 heterocycles. The molecule has 1 aromatic heterocycles. The lowest BCUT2D eigenvalue weighted by atomic mass is 10.4. The smallest absolute Gasteiger partial charge is 0.307 e. The Morgan fingerprint density at radius 2 is 2.35 bits per heavy atom. The molecule has 0 aromatic carbocycles. The zero-order chi connectivity index (χ0) is 12.7. The number of hydrogen-bond acceptors (Lipinski definition) is 6. The van der Waals surface area contributed by atoms with Gasteiger partial charge in [-0.15, -0.1) is 11.3 Å². The number of rotatable bonds is 6. The number of nitrogens with one attached hydrogen (secondary N) is 1. The maximum atomic E-state index is 11.6. The summed E-state index contributed by atoms with van der Waals surface area (Å²) in [6.45, 7) is 2.65. The first kappa shape index (κ1) is 13.6. The van der Waals surface area contributed by atoms with Crippen molar-refractivity contribution in [3.8, 4) is 0 Å². The fourth-order valence-corrected chi connectivity index (χ4v) is 1.77. The van der Waals surface area contributed by atoms with Crippen LogP contribution in [0.4, 0.5) is 0 Å². The molecule has 0 unspecified atom stereocenters. The van der Waals surface area contributed by atoms with Gasteiger partial charge in [0.05, 0.1) is 13.0 Å². The Morgan fingerprint density at radius 3 is 2.94 bits per heavy atom. The molecule has 6 nitrogen and oxygen atoms in total. The van der Waals surface area contributed by atoms with Crippen molar-refractivity contribution in [2.45, 2.75) is 19.9 Å². The predicted molar refractivity (Wildman–Crippen MR) is 63.6 cm³/mol. The Balaban J connectivity index is 2.32. The largest absolute Gasteiger partial charge is 0.466 e. The third kappa shape index (κ3) is 4.49. The van der Waals surface area contributed by atoms with Crippen molar-refractivity contribution in [2.24, 2.45) is 5.73 Å². The highest BCUT2D eigenvalue weighted by atomic mass is 32.1. The van der Waals surface area contributed by atoms with Crippen molar-refractivity contribution in [2.75, 3.05) is 13.2 Å². The Morgan fingerprint density at radius 1 is 1.59 bits per heavy atom. The molecule has 0 fully saturated rings. The highest BCUT2D eigenvalue weighted by molar-refractivity contribution is 7.09. The molecule has 0 radical (unpaired) electrons. The molecular weight excluding hydrogens is 242 g/mol. The van der Waals surface area contributed by atoms with Crippen LogP contribution >= 0.6 is 11.3 Å². The molecule has 0 saturated carbocycles. The van der Waals surface area contributed by atoms with Crippen molar-refractivity contribution in [1.82, 2.24) is 10.3 Å². The third-order valence-corrected chi connectivity index (χ3v) is 2.75. The van der Waals surface area contributed by atoms with Crippen molar-refractivity contribution in [1.29, 1.82) is 0 Å². The van der Waals surface area contributed by atoms with E-state index in [2.05, 4.69) is 10.3 Å². The second-order valence-electron chi connectivity index (χ2n) is 3.14. The minimum atomic E-state index is -0.325. The first-order valence-electron chi connectivity index (χ1n) is 5.25. The Hall–Kier alpha value is -1.47. The molecule has 0 aliphatic rings. The monoisotopic (exact) mass is 257 g/mol. The zero-order valence-corrected chi connectivity index (χ0v) is 10.4. The van der Waals surface area contributed by atoms with Gasteiger partial charge in [0.1, 0.15) is 10.7 Å². The van der Waals surface area contributed by atoms with Gasteiger partial charge < -0.3 is 15.8 Å². The number of nitrogens with zero attached hydrogens (tertiary/aromatic N) is 1. The molecule has 0 aliphatic carbocycles. The van der Waals surface area contributed by atoms with Crippen LogP contribution in [0.3, 0.4) is 0 Å². The number of carbonyl (C=O) groups is 2. The van der Waals surface area contributed by atoms with E-state index in [1.165, 1.54) is 11.3 Å². The molecule has 0 spiro atoms. The summed E-state index contributed by atoms with van der Waals surface area (Å²) in [5.74, 6) is -0.626. The number of thiazole rings is 1. The van der Waals surface area contributed by atoms with E-state index in [1.54, 1.807) is 12.3 Å². The summed E-state index contributed by atoms with van der Waals surface area (Å²) in [6, 6.07) is 0. The average Bonchev–Trinajstić information content (AvgIpc) is 2.77. The standard InChI is InChI=1S/C10H15N3O3S/c1-2-16-9(14)3-4-12-10(15)7-6-17-8(5-11)13-7/h6H,2-5,11H2,1H3,(H,12,15). The Bertz CT molecular complexity index is 392. The molecule has 17 heavy (non-hydrogen) atoms. The summed E-state index contributed by atoms with van der Waals surface area (Å²) in [5, 5.41) is 4.94. The Labute approximate surface area is 103 Å². The SMILES string of the molecule is CCOC(=O)CCNC(=O)c1csc(CN)n1. The summed E-state index contributed by atoms with van der Waals surface area (Å²) in [7, 11) is 0. The minimum absolute atomic E-state index is 0.160. The predicted octanol–water partition coefficient (Wildman–Crippen LogP) is 0.285. The number of aromatic nitrogens is 1. The molecule has 1 rings (SSSR count). The number of hydrogen-bond donors (Lipinski definition) is 2. The van der Waals surface area contributed by atoms with E-state index >= 15 is 0 Å². The van der Waals surface area contributed by atoms with Gasteiger partial charge in [-0.2, -0.15) is 0 Å². The molecular formula is C10H15N3O3S. The second kappa shape index (κ2) is 6.97. The van der Waals surface area contributed by atoms with Crippen LogP contribution in [0, 0.1) is 0 Å². The van der Waals surface area contributed by atoms with Crippen LogP contribution in [-0.2, 0) is 16.1 Å². The fraction of sp³-hybridized carbons (Fsp3) is 0.500. The van der Waals surface area contributed by atoms with Gasteiger partial charge in [-0.25, -0.2) is 4.98 Å². The molecule has 0 saturated heterocycles. The normalized spacial score (nSPS) is 10.0. The summed E-state index contributed by atoms with van der Waals surface area (Å²) in [6.07, 6.45) is 0.160. The van der Waals surface area contributed by atoms with Gasteiger partial charge in [0, 0.05) is 18.5 Å². The topological polar surface area (TPSA) is 94.3 Å². The molecule has 0 bridgehead atoms. The second-order valence-corrected chi connectivity index (χ2v) is 4.08. The van der Waals surface area contributed by atoms with Crippen LogP contribution in [0.25, 0.3) is 0 Å². The van der Waals surface area contributed by atoms with E-state index in [9.17, 15) is 9.59 Å². The van der Waals surface area contributed by atoms with E-state index in [0.717, 1.165) is 0 Å². The van der Waals surface area contributed by atoms with Gasteiger partial charge in [0.25, 0.3) is 5.91 Å². The van der Waals surface area contributed by atoms with Gasteiger partial charge in [0.2, 0.25) is 0 Å². The minimum Gasteiger partial charge on any atom is -0.466 e. The summed E-state index contributed by atoms with van der Waals surface area (Å²) < 4.78 is 4.73. The number of esters is 1. The first-order chi connectivity index (χ1) is 8.17. The van der Waals surface area contributed by atoms with Crippen LogP contribution in [0.1, 0.15) is 28.8 Å². The lowest BCUT2D eigenvalue weighted by Crippen LogP contribution is -2.26. The molecule has 0 aliphatic heterocycles. The van der Waals surface area contributed by atoms with Gasteiger partial charge in [-0.3, -0.25) is 9.59 Å². The van der Waals surface area contributed by atoms with E-state index in [1.807, 2.05) is 0 Å². The van der Waals surface area contributed by atoms with Crippen molar-refractivity contribution >= 4 is 23.2 Å². The quantitative estimate of drug-likeness (QED) is 0.714. The lowest BCUT2D eigenvalue weighted by Gasteiger charge is -2.03. The number of nitrogens with two attached hydrogens (primary N) is 1. The van der Waals surface area contributed by atoms with Gasteiger partial charge >= 0.3 is 5.97 Å². The molecule has 7 heteroatoms. The van der Waals surface area contributed by atoms with E-state index in [-0.39, 0.29) is 24.8 Å². The number of ether oxygens (including phenoxy) is 1. The average molecular weight is 257 g/mol. The van der Waals surface area contributed by atoms with E-state index < -0.39 is 0 Å². The molecule has 1 amide bonds. The summed E-state index contributed by atoms with van der Waals surface area (Å²) in [4.78, 5) is 26.6. The van der Waals surface area contributed by atoms with E-state index in [4.69, 9.17) is 10.5 Å². The van der Waals surface area contributed by atoms with Crippen LogP contribution < -0.4 is 11.1 Å². The molecule has 94 valence electrons. The molecule has 0 atom stereocenters. The molecule has 1 aromatic rings. The highest BCUT2D eigenvalue weighted by Crippen LogP contribution is 2.08. The molecule has 3 N–H and O–H groups in total. The van der Waals surface area contributed by atoms with Crippen molar-refractivity contribution < 1.29 is 14.3 Å². The zero-order valence-electron chi connectivity index (χ0n) is 9.56. The van der Waals surface area contributed by atoms with Crippen LogP contribution in [-0.4, -0.2) is 30.0 Å². The first-order valence-corrected chi connectivity index (χ1v) is 6.13. The van der Waals surface area contributed by atoms with Crippen molar-refractivity contribution in [3.05, 3.63) is 16.1 Å². The maximum Gasteiger partial charge on any atom is 0.307 e.